The Morgan fingerprint density at radius 1 is 1.47 bits per heavy atom. The standard InChI is InChI=1S/C14H15FN2OS/c1-9-8-17-13(19-9)6-7-16-12-5-3-4-11(15)14(12)10(2)18/h3-5,8,16H,6-7H2,1-2H3. The van der Waals surface area contributed by atoms with Gasteiger partial charge in [0.25, 0.3) is 0 Å². The van der Waals surface area contributed by atoms with Crippen molar-refractivity contribution >= 4 is 22.8 Å². The van der Waals surface area contributed by atoms with Crippen LogP contribution in [0.25, 0.3) is 0 Å². The van der Waals surface area contributed by atoms with Gasteiger partial charge in [0.15, 0.2) is 5.78 Å². The van der Waals surface area contributed by atoms with E-state index in [2.05, 4.69) is 10.3 Å². The summed E-state index contributed by atoms with van der Waals surface area (Å²) in [6.07, 6.45) is 2.59. The molecule has 0 aliphatic rings. The van der Waals surface area contributed by atoms with Crippen LogP contribution in [0.3, 0.4) is 0 Å². The van der Waals surface area contributed by atoms with Crippen LogP contribution in [0.15, 0.2) is 24.4 Å². The first-order valence-corrected chi connectivity index (χ1v) is 6.84. The zero-order valence-corrected chi connectivity index (χ0v) is 11.7. The number of halogens is 1. The third-order valence-electron chi connectivity index (χ3n) is 2.69. The Morgan fingerprint density at radius 3 is 2.89 bits per heavy atom. The molecule has 0 bridgehead atoms. The predicted molar refractivity (Wildman–Crippen MR) is 75.4 cm³/mol. The fraction of sp³-hybridized carbons (Fsp3) is 0.286. The van der Waals surface area contributed by atoms with Gasteiger partial charge in [-0.25, -0.2) is 9.37 Å². The second kappa shape index (κ2) is 5.93. The number of Topliss-reactive ketones (excluding diaryl/α,β-unsaturated/α-hetero) is 1. The van der Waals surface area contributed by atoms with Crippen molar-refractivity contribution < 1.29 is 9.18 Å². The lowest BCUT2D eigenvalue weighted by Gasteiger charge is -2.10. The number of ketones is 1. The van der Waals surface area contributed by atoms with E-state index in [0.717, 1.165) is 11.4 Å². The lowest BCUT2D eigenvalue weighted by molar-refractivity contribution is 0.101. The monoisotopic (exact) mass is 278 g/mol. The Morgan fingerprint density at radius 2 is 2.26 bits per heavy atom. The first kappa shape index (κ1) is 13.7. The number of hydrogen-bond acceptors (Lipinski definition) is 4. The third kappa shape index (κ3) is 3.38. The molecule has 0 fully saturated rings. The van der Waals surface area contributed by atoms with Crippen molar-refractivity contribution in [2.24, 2.45) is 0 Å². The molecule has 2 rings (SSSR count). The number of anilines is 1. The topological polar surface area (TPSA) is 42.0 Å². The van der Waals surface area contributed by atoms with Gasteiger partial charge in [0.2, 0.25) is 0 Å². The van der Waals surface area contributed by atoms with E-state index in [4.69, 9.17) is 0 Å². The summed E-state index contributed by atoms with van der Waals surface area (Å²) in [7, 11) is 0. The number of nitrogens with one attached hydrogen (secondary N) is 1. The maximum Gasteiger partial charge on any atom is 0.164 e. The fourth-order valence-electron chi connectivity index (χ4n) is 1.85. The van der Waals surface area contributed by atoms with Gasteiger partial charge < -0.3 is 5.32 Å². The maximum absolute atomic E-state index is 13.6. The Hall–Kier alpha value is -1.75. The third-order valence-corrected chi connectivity index (χ3v) is 3.66. The van der Waals surface area contributed by atoms with E-state index in [1.165, 1.54) is 17.9 Å². The van der Waals surface area contributed by atoms with E-state index < -0.39 is 5.82 Å². The SMILES string of the molecule is CC(=O)c1c(F)cccc1NCCc1ncc(C)s1. The number of aryl methyl sites for hydroxylation is 1. The van der Waals surface area contributed by atoms with Crippen LogP contribution in [0, 0.1) is 12.7 Å². The molecule has 0 radical (unpaired) electrons. The van der Waals surface area contributed by atoms with Crippen molar-refractivity contribution in [2.45, 2.75) is 20.3 Å². The molecule has 19 heavy (non-hydrogen) atoms. The van der Waals surface area contributed by atoms with E-state index in [9.17, 15) is 9.18 Å². The number of carbonyl (C=O) groups excluding carboxylic acids is 1. The molecule has 1 aromatic carbocycles. The fourth-order valence-corrected chi connectivity index (χ4v) is 2.64. The Labute approximate surface area is 115 Å². The predicted octanol–water partition coefficient (Wildman–Crippen LogP) is 3.45. The van der Waals surface area contributed by atoms with Gasteiger partial charge in [-0.2, -0.15) is 0 Å². The van der Waals surface area contributed by atoms with Gasteiger partial charge in [-0.05, 0) is 26.0 Å². The lowest BCUT2D eigenvalue weighted by Crippen LogP contribution is -2.10. The van der Waals surface area contributed by atoms with Crippen LogP contribution in [0.4, 0.5) is 10.1 Å². The molecule has 0 saturated heterocycles. The van der Waals surface area contributed by atoms with E-state index in [1.807, 2.05) is 13.1 Å². The smallest absolute Gasteiger partial charge is 0.164 e. The zero-order valence-electron chi connectivity index (χ0n) is 10.9. The quantitative estimate of drug-likeness (QED) is 0.852. The number of rotatable bonds is 5. The molecule has 100 valence electrons. The molecule has 1 N–H and O–H groups in total. The molecule has 0 spiro atoms. The van der Waals surface area contributed by atoms with Crippen molar-refractivity contribution in [2.75, 3.05) is 11.9 Å². The van der Waals surface area contributed by atoms with E-state index in [-0.39, 0.29) is 11.3 Å². The van der Waals surface area contributed by atoms with E-state index in [1.54, 1.807) is 23.5 Å². The minimum atomic E-state index is -0.484. The Balaban J connectivity index is 2.03. The summed E-state index contributed by atoms with van der Waals surface area (Å²) in [5.74, 6) is -0.756. The van der Waals surface area contributed by atoms with Crippen molar-refractivity contribution in [1.29, 1.82) is 0 Å². The number of nitrogens with zero attached hydrogens (tertiary/aromatic N) is 1. The van der Waals surface area contributed by atoms with Gasteiger partial charge in [-0.1, -0.05) is 6.07 Å². The van der Waals surface area contributed by atoms with Crippen LogP contribution >= 0.6 is 11.3 Å². The van der Waals surface area contributed by atoms with Crippen molar-refractivity contribution in [3.63, 3.8) is 0 Å². The van der Waals surface area contributed by atoms with Crippen molar-refractivity contribution in [1.82, 2.24) is 4.98 Å². The molecule has 5 heteroatoms. The van der Waals surface area contributed by atoms with Crippen molar-refractivity contribution in [3.8, 4) is 0 Å². The molecule has 0 atom stereocenters. The highest BCUT2D eigenvalue weighted by atomic mass is 32.1. The van der Waals surface area contributed by atoms with E-state index in [0.29, 0.717) is 12.2 Å². The first-order valence-electron chi connectivity index (χ1n) is 6.02. The van der Waals surface area contributed by atoms with Gasteiger partial charge >= 0.3 is 0 Å². The Kier molecular flexibility index (Phi) is 4.27. The number of thiazole rings is 1. The van der Waals surface area contributed by atoms with E-state index >= 15 is 0 Å². The van der Waals surface area contributed by atoms with Gasteiger partial charge in [0, 0.05) is 29.7 Å². The van der Waals surface area contributed by atoms with Gasteiger partial charge in [-0.15, -0.1) is 11.3 Å². The Bertz CT molecular complexity index is 595. The summed E-state index contributed by atoms with van der Waals surface area (Å²) in [5.41, 5.74) is 0.665. The lowest BCUT2D eigenvalue weighted by atomic mass is 10.1. The van der Waals surface area contributed by atoms with Crippen LogP contribution in [0.1, 0.15) is 27.2 Å². The molecule has 2 aromatic rings. The second-order valence-electron chi connectivity index (χ2n) is 4.26. The molecule has 3 nitrogen and oxygen atoms in total. The molecular formula is C14H15FN2OS. The van der Waals surface area contributed by atoms with Crippen LogP contribution in [-0.4, -0.2) is 17.3 Å². The van der Waals surface area contributed by atoms with Crippen LogP contribution in [0.5, 0.6) is 0 Å². The minimum Gasteiger partial charge on any atom is -0.384 e. The molecule has 1 heterocycles. The van der Waals surface area contributed by atoms with Gasteiger partial charge in [0.05, 0.1) is 10.6 Å². The highest BCUT2D eigenvalue weighted by Gasteiger charge is 2.12. The largest absolute Gasteiger partial charge is 0.384 e. The molecule has 0 unspecified atom stereocenters. The second-order valence-corrected chi connectivity index (χ2v) is 5.58. The summed E-state index contributed by atoms with van der Waals surface area (Å²) in [6, 6.07) is 4.61. The molecular weight excluding hydrogens is 263 g/mol. The minimum absolute atomic E-state index is 0.123. The number of carbonyl (C=O) groups is 1. The number of benzene rings is 1. The van der Waals surface area contributed by atoms with Crippen LogP contribution in [0.2, 0.25) is 0 Å². The molecule has 0 aliphatic heterocycles. The summed E-state index contributed by atoms with van der Waals surface area (Å²) < 4.78 is 13.6. The average Bonchev–Trinajstić information content (AvgIpc) is 2.74. The summed E-state index contributed by atoms with van der Waals surface area (Å²) in [4.78, 5) is 16.9. The number of hydrogen-bond donors (Lipinski definition) is 1. The molecule has 0 amide bonds. The summed E-state index contributed by atoms with van der Waals surface area (Å²) >= 11 is 1.64. The summed E-state index contributed by atoms with van der Waals surface area (Å²) in [6.45, 7) is 4.00. The normalized spacial score (nSPS) is 10.5. The summed E-state index contributed by atoms with van der Waals surface area (Å²) in [5, 5.41) is 4.13. The molecule has 1 aromatic heterocycles. The van der Waals surface area contributed by atoms with Gasteiger partial charge in [-0.3, -0.25) is 4.79 Å². The molecule has 0 aliphatic carbocycles. The molecule has 0 saturated carbocycles. The number of aromatic nitrogens is 1. The highest BCUT2D eigenvalue weighted by Crippen LogP contribution is 2.20. The van der Waals surface area contributed by atoms with Crippen LogP contribution < -0.4 is 5.32 Å². The highest BCUT2D eigenvalue weighted by molar-refractivity contribution is 7.11. The maximum atomic E-state index is 13.6. The van der Waals surface area contributed by atoms with Crippen LogP contribution in [-0.2, 0) is 6.42 Å². The van der Waals surface area contributed by atoms with Crippen molar-refractivity contribution in [3.05, 3.63) is 45.7 Å². The first-order chi connectivity index (χ1) is 9.08. The average molecular weight is 278 g/mol. The zero-order chi connectivity index (χ0) is 13.8. The van der Waals surface area contributed by atoms with Gasteiger partial charge in [0.1, 0.15) is 5.82 Å².